The first kappa shape index (κ1) is 28.7. The number of carbonyl (C=O) groups is 3. The molecule has 2 aliphatic rings. The third-order valence-electron chi connectivity index (χ3n) is 7.02. The van der Waals surface area contributed by atoms with Gasteiger partial charge in [0, 0.05) is 31.0 Å². The molecule has 0 aromatic heterocycles. The zero-order valence-electron chi connectivity index (χ0n) is 22.5. The number of hydrogen-bond acceptors (Lipinski definition) is 5. The standard InChI is InChI=1S/C26H46N4O3S/c1-17(2)22(15-20(7)25(32)29-13-14-34-16-29)28(8)26(33)23(18(3)4)27-24(31)21-11-9-10-12-30(21)19(5)6/h15,17-19,21-23H,9-14,16H2,1-8H3,(H,27,31)/b20-15+/t21-,22-,23+/m1/s1. The van der Waals surface area contributed by atoms with Crippen LogP contribution in [-0.2, 0) is 14.4 Å². The lowest BCUT2D eigenvalue weighted by atomic mass is 9.95. The number of nitrogens with zero attached hydrogens (tertiary/aromatic N) is 3. The van der Waals surface area contributed by atoms with Gasteiger partial charge in [0.2, 0.25) is 17.7 Å². The average Bonchev–Trinajstić information content (AvgIpc) is 3.33. The van der Waals surface area contributed by atoms with Crippen LogP contribution in [0.1, 0.15) is 67.7 Å². The van der Waals surface area contributed by atoms with Crippen LogP contribution in [0.5, 0.6) is 0 Å². The molecule has 2 fully saturated rings. The highest BCUT2D eigenvalue weighted by atomic mass is 32.2. The van der Waals surface area contributed by atoms with Crippen LogP contribution in [0.4, 0.5) is 0 Å². The summed E-state index contributed by atoms with van der Waals surface area (Å²) in [5.41, 5.74) is 0.667. The number of nitrogens with one attached hydrogen (secondary N) is 1. The van der Waals surface area contributed by atoms with Crippen molar-refractivity contribution in [2.45, 2.75) is 91.9 Å². The van der Waals surface area contributed by atoms with Crippen molar-refractivity contribution in [3.63, 3.8) is 0 Å². The number of likely N-dealkylation sites (N-methyl/N-ethyl adjacent to an activating group) is 1. The van der Waals surface area contributed by atoms with E-state index in [1.165, 1.54) is 0 Å². The Hall–Kier alpha value is -1.54. The van der Waals surface area contributed by atoms with E-state index in [0.29, 0.717) is 5.57 Å². The Morgan fingerprint density at radius 1 is 1.03 bits per heavy atom. The molecule has 0 radical (unpaired) electrons. The van der Waals surface area contributed by atoms with E-state index in [4.69, 9.17) is 0 Å². The molecule has 2 saturated heterocycles. The lowest BCUT2D eigenvalue weighted by Crippen LogP contribution is -2.58. The Labute approximate surface area is 211 Å². The fourth-order valence-corrected chi connectivity index (χ4v) is 5.83. The SMILES string of the molecule is C/C(=C\[C@H](C(C)C)N(C)C(=O)[C@@H](NC(=O)[C@H]1CCCCN1C(C)C)C(C)C)C(=O)N1CCSC1. The molecule has 0 unspecified atom stereocenters. The molecular formula is C26H46N4O3S. The molecule has 0 aromatic rings. The lowest BCUT2D eigenvalue weighted by molar-refractivity contribution is -0.140. The van der Waals surface area contributed by atoms with Gasteiger partial charge in [-0.25, -0.2) is 0 Å². The molecule has 3 atom stereocenters. The van der Waals surface area contributed by atoms with Crippen LogP contribution in [0.3, 0.4) is 0 Å². The van der Waals surface area contributed by atoms with Gasteiger partial charge in [-0.2, -0.15) is 0 Å². The van der Waals surface area contributed by atoms with Crippen LogP contribution < -0.4 is 5.32 Å². The zero-order chi connectivity index (χ0) is 25.6. The Balaban J connectivity index is 2.17. The Kier molecular flexibility index (Phi) is 10.9. The third kappa shape index (κ3) is 7.23. The van der Waals surface area contributed by atoms with Crippen molar-refractivity contribution in [3.05, 3.63) is 11.6 Å². The van der Waals surface area contributed by atoms with Gasteiger partial charge in [0.1, 0.15) is 6.04 Å². The number of carbonyl (C=O) groups excluding carboxylic acids is 3. The second kappa shape index (κ2) is 13.0. The molecule has 0 aromatic carbocycles. The molecule has 34 heavy (non-hydrogen) atoms. The molecule has 0 spiro atoms. The summed E-state index contributed by atoms with van der Waals surface area (Å²) >= 11 is 1.76. The molecule has 8 heteroatoms. The van der Waals surface area contributed by atoms with E-state index >= 15 is 0 Å². The number of likely N-dealkylation sites (tertiary alicyclic amines) is 1. The normalized spacial score (nSPS) is 21.8. The van der Waals surface area contributed by atoms with Crippen molar-refractivity contribution in [1.82, 2.24) is 20.0 Å². The van der Waals surface area contributed by atoms with E-state index in [2.05, 4.69) is 37.9 Å². The second-order valence-electron chi connectivity index (χ2n) is 10.7. The number of thioether (sulfide) groups is 1. The lowest BCUT2D eigenvalue weighted by Gasteiger charge is -2.39. The van der Waals surface area contributed by atoms with E-state index in [1.54, 1.807) is 23.7 Å². The first-order valence-corrected chi connectivity index (χ1v) is 14.0. The van der Waals surface area contributed by atoms with Gasteiger partial charge in [0.25, 0.3) is 0 Å². The summed E-state index contributed by atoms with van der Waals surface area (Å²) in [4.78, 5) is 45.6. The van der Waals surface area contributed by atoms with Crippen LogP contribution in [0.25, 0.3) is 0 Å². The Morgan fingerprint density at radius 3 is 2.24 bits per heavy atom. The van der Waals surface area contributed by atoms with Crippen LogP contribution in [0.2, 0.25) is 0 Å². The maximum atomic E-state index is 13.6. The predicted molar refractivity (Wildman–Crippen MR) is 140 cm³/mol. The minimum absolute atomic E-state index is 0.0382. The number of rotatable bonds is 9. The van der Waals surface area contributed by atoms with Crippen LogP contribution in [-0.4, -0.2) is 88.4 Å². The largest absolute Gasteiger partial charge is 0.343 e. The van der Waals surface area contributed by atoms with E-state index in [1.807, 2.05) is 31.7 Å². The number of amides is 3. The smallest absolute Gasteiger partial charge is 0.249 e. The molecule has 194 valence electrons. The van der Waals surface area contributed by atoms with E-state index < -0.39 is 6.04 Å². The summed E-state index contributed by atoms with van der Waals surface area (Å²) in [5, 5.41) is 3.10. The number of piperidine rings is 1. The summed E-state index contributed by atoms with van der Waals surface area (Å²) in [6.07, 6.45) is 4.89. The molecule has 2 rings (SSSR count). The van der Waals surface area contributed by atoms with Crippen molar-refractivity contribution < 1.29 is 14.4 Å². The number of hydrogen-bond donors (Lipinski definition) is 1. The fourth-order valence-electron chi connectivity index (χ4n) is 4.89. The fraction of sp³-hybridized carbons (Fsp3) is 0.808. The van der Waals surface area contributed by atoms with Crippen molar-refractivity contribution >= 4 is 29.5 Å². The topological polar surface area (TPSA) is 73.0 Å². The molecule has 7 nitrogen and oxygen atoms in total. The first-order chi connectivity index (χ1) is 16.0. The van der Waals surface area contributed by atoms with Crippen LogP contribution in [0.15, 0.2) is 11.6 Å². The van der Waals surface area contributed by atoms with Gasteiger partial charge in [-0.3, -0.25) is 19.3 Å². The second-order valence-corrected chi connectivity index (χ2v) is 11.8. The van der Waals surface area contributed by atoms with Crippen molar-refractivity contribution in [2.24, 2.45) is 11.8 Å². The highest BCUT2D eigenvalue weighted by Gasteiger charge is 2.36. The van der Waals surface area contributed by atoms with Crippen LogP contribution in [0, 0.1) is 11.8 Å². The molecule has 0 bridgehead atoms. The Bertz CT molecular complexity index is 746. The average molecular weight is 495 g/mol. The van der Waals surface area contributed by atoms with E-state index in [0.717, 1.165) is 44.0 Å². The maximum absolute atomic E-state index is 13.6. The molecule has 0 aliphatic carbocycles. The van der Waals surface area contributed by atoms with Crippen molar-refractivity contribution in [3.8, 4) is 0 Å². The van der Waals surface area contributed by atoms with Gasteiger partial charge in [0.15, 0.2) is 0 Å². The quantitative estimate of drug-likeness (QED) is 0.498. The van der Waals surface area contributed by atoms with E-state index in [-0.39, 0.29) is 47.7 Å². The molecule has 0 saturated carbocycles. The van der Waals surface area contributed by atoms with Crippen molar-refractivity contribution in [1.29, 1.82) is 0 Å². The summed E-state index contributed by atoms with van der Waals surface area (Å²) in [5.74, 6) is 1.65. The van der Waals surface area contributed by atoms with Gasteiger partial charge in [0.05, 0.1) is 18.0 Å². The predicted octanol–water partition coefficient (Wildman–Crippen LogP) is 3.35. The van der Waals surface area contributed by atoms with Crippen molar-refractivity contribution in [2.75, 3.05) is 31.8 Å². The zero-order valence-corrected chi connectivity index (χ0v) is 23.3. The monoisotopic (exact) mass is 494 g/mol. The van der Waals surface area contributed by atoms with Gasteiger partial charge >= 0.3 is 0 Å². The summed E-state index contributed by atoms with van der Waals surface area (Å²) in [6.45, 7) is 15.8. The van der Waals surface area contributed by atoms with Crippen LogP contribution >= 0.6 is 11.8 Å². The Morgan fingerprint density at radius 2 is 1.71 bits per heavy atom. The minimum atomic E-state index is -0.603. The third-order valence-corrected chi connectivity index (χ3v) is 7.98. The summed E-state index contributed by atoms with van der Waals surface area (Å²) < 4.78 is 0. The minimum Gasteiger partial charge on any atom is -0.343 e. The van der Waals surface area contributed by atoms with Gasteiger partial charge < -0.3 is 15.1 Å². The molecule has 2 heterocycles. The molecule has 1 N–H and O–H groups in total. The van der Waals surface area contributed by atoms with Gasteiger partial charge in [-0.15, -0.1) is 11.8 Å². The summed E-state index contributed by atoms with van der Waals surface area (Å²) in [6, 6.07) is -0.732. The molecule has 2 aliphatic heterocycles. The molecule has 3 amide bonds. The summed E-state index contributed by atoms with van der Waals surface area (Å²) in [7, 11) is 1.79. The maximum Gasteiger partial charge on any atom is 0.249 e. The van der Waals surface area contributed by atoms with Gasteiger partial charge in [-0.1, -0.05) is 40.2 Å². The highest BCUT2D eigenvalue weighted by molar-refractivity contribution is 7.99. The molecular weight excluding hydrogens is 448 g/mol. The van der Waals surface area contributed by atoms with E-state index in [9.17, 15) is 14.4 Å². The highest BCUT2D eigenvalue weighted by Crippen LogP contribution is 2.22. The first-order valence-electron chi connectivity index (χ1n) is 12.8. The van der Waals surface area contributed by atoms with Gasteiger partial charge in [-0.05, 0) is 52.0 Å².